The summed E-state index contributed by atoms with van der Waals surface area (Å²) >= 11 is 7.41. The summed E-state index contributed by atoms with van der Waals surface area (Å²) in [6, 6.07) is 14.9. The number of nitrogens with one attached hydrogen (secondary N) is 1. The molecule has 0 bridgehead atoms. The number of anilines is 1. The molecule has 0 spiro atoms. The minimum Gasteiger partial charge on any atom is -0.358 e. The molecule has 0 saturated carbocycles. The van der Waals surface area contributed by atoms with E-state index in [2.05, 4.69) is 5.32 Å². The number of carbonyl (C=O) groups is 2. The van der Waals surface area contributed by atoms with Gasteiger partial charge in [-0.15, -0.1) is 0 Å². The molecule has 122 valence electrons. The van der Waals surface area contributed by atoms with Gasteiger partial charge in [0.05, 0.1) is 10.6 Å². The van der Waals surface area contributed by atoms with Crippen molar-refractivity contribution in [3.8, 4) is 0 Å². The number of hydrogen-bond donors (Lipinski definition) is 1. The van der Waals surface area contributed by atoms with Gasteiger partial charge in [-0.2, -0.15) is 0 Å². The van der Waals surface area contributed by atoms with Crippen molar-refractivity contribution in [2.45, 2.75) is 4.90 Å². The molecule has 0 aromatic heterocycles. The van der Waals surface area contributed by atoms with Gasteiger partial charge < -0.3 is 5.32 Å². The quantitative estimate of drug-likeness (QED) is 0.853. The lowest BCUT2D eigenvalue weighted by Crippen LogP contribution is -2.41. The molecule has 0 saturated heterocycles. The van der Waals surface area contributed by atoms with Gasteiger partial charge in [-0.3, -0.25) is 14.5 Å². The van der Waals surface area contributed by atoms with Crippen LogP contribution in [-0.4, -0.2) is 25.4 Å². The van der Waals surface area contributed by atoms with E-state index in [0.717, 1.165) is 16.1 Å². The Kier molecular flexibility index (Phi) is 4.92. The molecule has 0 fully saturated rings. The zero-order valence-corrected chi connectivity index (χ0v) is 14.5. The van der Waals surface area contributed by atoms with Crippen molar-refractivity contribution in [2.24, 2.45) is 0 Å². The smallest absolute Gasteiger partial charge is 0.265 e. The van der Waals surface area contributed by atoms with Gasteiger partial charge in [0.25, 0.3) is 5.91 Å². The highest BCUT2D eigenvalue weighted by Gasteiger charge is 2.30. The van der Waals surface area contributed by atoms with Gasteiger partial charge in [0.2, 0.25) is 5.91 Å². The molecule has 0 radical (unpaired) electrons. The highest BCUT2D eigenvalue weighted by atomic mass is 35.5. The third-order valence-electron chi connectivity index (χ3n) is 3.56. The van der Waals surface area contributed by atoms with Gasteiger partial charge in [-0.25, -0.2) is 0 Å². The normalized spacial score (nSPS) is 15.3. The Hall–Kier alpha value is -2.24. The predicted molar refractivity (Wildman–Crippen MR) is 98.1 cm³/mol. The van der Waals surface area contributed by atoms with Crippen LogP contribution in [0.4, 0.5) is 5.69 Å². The van der Waals surface area contributed by atoms with Crippen molar-refractivity contribution in [1.82, 2.24) is 5.32 Å². The van der Waals surface area contributed by atoms with Crippen molar-refractivity contribution in [3.63, 3.8) is 0 Å². The number of amides is 2. The van der Waals surface area contributed by atoms with E-state index < -0.39 is 0 Å². The summed E-state index contributed by atoms with van der Waals surface area (Å²) in [5.41, 5.74) is 1.59. The Labute approximate surface area is 149 Å². The Morgan fingerprint density at radius 3 is 2.79 bits per heavy atom. The molecule has 2 amide bonds. The summed E-state index contributed by atoms with van der Waals surface area (Å²) in [5.74, 6) is -0.408. The molecule has 0 atom stereocenters. The summed E-state index contributed by atoms with van der Waals surface area (Å²) in [5, 5.41) is 3.17. The number of likely N-dealkylation sites (N-methyl/N-ethyl adjacent to an activating group) is 1. The molecule has 0 unspecified atom stereocenters. The average Bonchev–Trinajstić information content (AvgIpc) is 2.58. The van der Waals surface area contributed by atoms with Crippen molar-refractivity contribution in [2.75, 3.05) is 18.5 Å². The topological polar surface area (TPSA) is 49.4 Å². The SMILES string of the molecule is CNC(=O)CN1C(=O)/C(=C\c2cccc(Cl)c2)Sc2ccccc21. The first-order valence-electron chi connectivity index (χ1n) is 7.35. The Bertz CT molecular complexity index is 835. The number of thioether (sulfide) groups is 1. The van der Waals surface area contributed by atoms with E-state index in [9.17, 15) is 9.59 Å². The van der Waals surface area contributed by atoms with E-state index in [0.29, 0.717) is 9.93 Å². The van der Waals surface area contributed by atoms with Crippen LogP contribution >= 0.6 is 23.4 Å². The van der Waals surface area contributed by atoms with Crippen LogP contribution in [-0.2, 0) is 9.59 Å². The first-order valence-corrected chi connectivity index (χ1v) is 8.54. The second-order valence-corrected chi connectivity index (χ2v) is 6.72. The molecule has 2 aromatic carbocycles. The first-order chi connectivity index (χ1) is 11.6. The minimum absolute atomic E-state index is 0.0141. The number of rotatable bonds is 3. The molecule has 1 aliphatic rings. The molecule has 4 nitrogen and oxygen atoms in total. The Morgan fingerprint density at radius 1 is 1.25 bits per heavy atom. The lowest BCUT2D eigenvalue weighted by Gasteiger charge is -2.29. The third kappa shape index (κ3) is 3.47. The van der Waals surface area contributed by atoms with Crippen LogP contribution in [0, 0.1) is 0 Å². The van der Waals surface area contributed by atoms with Gasteiger partial charge in [0, 0.05) is 17.0 Å². The molecule has 1 N–H and O–H groups in total. The zero-order valence-electron chi connectivity index (χ0n) is 13.0. The van der Waals surface area contributed by atoms with Crippen molar-refractivity contribution < 1.29 is 9.59 Å². The summed E-state index contributed by atoms with van der Waals surface area (Å²) in [4.78, 5) is 27.6. The van der Waals surface area contributed by atoms with Crippen LogP contribution in [0.2, 0.25) is 5.02 Å². The monoisotopic (exact) mass is 358 g/mol. The maximum Gasteiger partial charge on any atom is 0.265 e. The third-order valence-corrected chi connectivity index (χ3v) is 4.87. The zero-order chi connectivity index (χ0) is 17.1. The van der Waals surface area contributed by atoms with Crippen LogP contribution in [0.15, 0.2) is 58.3 Å². The van der Waals surface area contributed by atoms with Gasteiger partial charge in [-0.1, -0.05) is 47.6 Å². The van der Waals surface area contributed by atoms with Gasteiger partial charge in [-0.05, 0) is 35.9 Å². The van der Waals surface area contributed by atoms with Crippen molar-refractivity contribution in [1.29, 1.82) is 0 Å². The summed E-state index contributed by atoms with van der Waals surface area (Å²) in [6.45, 7) is -0.0141. The predicted octanol–water partition coefficient (Wildman–Crippen LogP) is 3.57. The molecule has 3 rings (SSSR count). The lowest BCUT2D eigenvalue weighted by atomic mass is 10.2. The molecular weight excluding hydrogens is 344 g/mol. The van der Waals surface area contributed by atoms with Crippen LogP contribution in [0.3, 0.4) is 0 Å². The largest absolute Gasteiger partial charge is 0.358 e. The molecule has 1 heterocycles. The van der Waals surface area contributed by atoms with Gasteiger partial charge in [0.15, 0.2) is 0 Å². The number of benzene rings is 2. The molecule has 1 aliphatic heterocycles. The summed E-state index contributed by atoms with van der Waals surface area (Å²) < 4.78 is 0. The number of para-hydroxylation sites is 1. The number of nitrogens with zero attached hydrogens (tertiary/aromatic N) is 1. The molecule has 24 heavy (non-hydrogen) atoms. The fraction of sp³-hybridized carbons (Fsp3) is 0.111. The molecule has 0 aliphatic carbocycles. The number of carbonyl (C=O) groups excluding carboxylic acids is 2. The van der Waals surface area contributed by atoms with Crippen LogP contribution < -0.4 is 10.2 Å². The number of hydrogen-bond acceptors (Lipinski definition) is 3. The van der Waals surface area contributed by atoms with E-state index in [1.165, 1.54) is 16.7 Å². The second kappa shape index (κ2) is 7.11. The maximum atomic E-state index is 12.9. The van der Waals surface area contributed by atoms with E-state index in [4.69, 9.17) is 11.6 Å². The van der Waals surface area contributed by atoms with Gasteiger partial charge >= 0.3 is 0 Å². The fourth-order valence-corrected chi connectivity index (χ4v) is 3.65. The van der Waals surface area contributed by atoms with Gasteiger partial charge in [0.1, 0.15) is 6.54 Å². The Morgan fingerprint density at radius 2 is 2.04 bits per heavy atom. The average molecular weight is 359 g/mol. The lowest BCUT2D eigenvalue weighted by molar-refractivity contribution is -0.122. The highest BCUT2D eigenvalue weighted by Crippen LogP contribution is 2.41. The molecular formula is C18H15ClN2O2S. The van der Waals surface area contributed by atoms with E-state index in [1.54, 1.807) is 25.3 Å². The van der Waals surface area contributed by atoms with Crippen molar-refractivity contribution in [3.05, 3.63) is 64.0 Å². The maximum absolute atomic E-state index is 12.9. The summed E-state index contributed by atoms with van der Waals surface area (Å²) in [7, 11) is 1.56. The highest BCUT2D eigenvalue weighted by molar-refractivity contribution is 8.04. The fourth-order valence-electron chi connectivity index (χ4n) is 2.39. The first kappa shape index (κ1) is 16.6. The second-order valence-electron chi connectivity index (χ2n) is 5.20. The Balaban J connectivity index is 2.01. The molecule has 2 aromatic rings. The number of halogens is 1. The van der Waals surface area contributed by atoms with E-state index in [-0.39, 0.29) is 18.4 Å². The summed E-state index contributed by atoms with van der Waals surface area (Å²) in [6.07, 6.45) is 1.80. The van der Waals surface area contributed by atoms with Crippen LogP contribution in [0.1, 0.15) is 5.56 Å². The standard InChI is InChI=1S/C18H15ClN2O2S/c1-20-17(22)11-21-14-7-2-3-8-15(14)24-16(18(21)23)10-12-5-4-6-13(19)9-12/h2-10H,11H2,1H3,(H,20,22)/b16-10+. The van der Waals surface area contributed by atoms with Crippen LogP contribution in [0.5, 0.6) is 0 Å². The van der Waals surface area contributed by atoms with E-state index in [1.807, 2.05) is 36.4 Å². The van der Waals surface area contributed by atoms with Crippen LogP contribution in [0.25, 0.3) is 6.08 Å². The minimum atomic E-state index is -0.216. The molecule has 6 heteroatoms. The van der Waals surface area contributed by atoms with Crippen molar-refractivity contribution >= 4 is 46.9 Å². The number of fused-ring (bicyclic) bond motifs is 1. The van der Waals surface area contributed by atoms with E-state index >= 15 is 0 Å².